The van der Waals surface area contributed by atoms with Gasteiger partial charge < -0.3 is 20.3 Å². The highest BCUT2D eigenvalue weighted by Crippen LogP contribution is 2.14. The van der Waals surface area contributed by atoms with E-state index in [2.05, 4.69) is 15.6 Å². The number of benzene rings is 1. The average Bonchev–Trinajstić information content (AvgIpc) is 3.25. The summed E-state index contributed by atoms with van der Waals surface area (Å²) in [5.41, 5.74) is 2.13. The molecule has 1 unspecified atom stereocenters. The van der Waals surface area contributed by atoms with Gasteiger partial charge in [0.2, 0.25) is 11.8 Å². The number of likely N-dealkylation sites (tertiary alicyclic amines) is 1. The summed E-state index contributed by atoms with van der Waals surface area (Å²) in [4.78, 5) is 23.2. The van der Waals surface area contributed by atoms with Crippen LogP contribution in [0.2, 0.25) is 0 Å². The van der Waals surface area contributed by atoms with Gasteiger partial charge in [-0.05, 0) is 30.5 Å². The summed E-state index contributed by atoms with van der Waals surface area (Å²) < 4.78 is 5.82. The van der Waals surface area contributed by atoms with Crippen LogP contribution >= 0.6 is 0 Å². The van der Waals surface area contributed by atoms with E-state index in [0.29, 0.717) is 25.6 Å². The molecule has 0 saturated carbocycles. The number of pyridine rings is 1. The third-order valence-corrected chi connectivity index (χ3v) is 5.13. The lowest BCUT2D eigenvalue weighted by Crippen LogP contribution is -2.45. The van der Waals surface area contributed by atoms with Crippen LogP contribution < -0.4 is 15.4 Å². The monoisotopic (exact) mass is 423 g/mol. The van der Waals surface area contributed by atoms with E-state index in [4.69, 9.17) is 9.73 Å². The van der Waals surface area contributed by atoms with Crippen molar-refractivity contribution in [3.63, 3.8) is 0 Å². The zero-order chi connectivity index (χ0) is 22.1. The van der Waals surface area contributed by atoms with Gasteiger partial charge >= 0.3 is 0 Å². The number of hydrogen-bond donors (Lipinski definition) is 2. The minimum atomic E-state index is 0.0330. The van der Waals surface area contributed by atoms with E-state index >= 15 is 0 Å². The van der Waals surface area contributed by atoms with E-state index in [-0.39, 0.29) is 17.9 Å². The number of nitrogens with one attached hydrogen (secondary N) is 2. The van der Waals surface area contributed by atoms with E-state index in [1.165, 1.54) is 0 Å². The van der Waals surface area contributed by atoms with Gasteiger partial charge in [0.25, 0.3) is 0 Å². The Morgan fingerprint density at radius 2 is 2.06 bits per heavy atom. The van der Waals surface area contributed by atoms with Crippen molar-refractivity contribution in [3.05, 3.63) is 59.8 Å². The molecule has 3 rings (SSSR count). The fraction of sp³-hybridized carbons (Fsp3) is 0.458. The number of guanidine groups is 1. The summed E-state index contributed by atoms with van der Waals surface area (Å²) in [6.45, 7) is 9.22. The molecule has 0 radical (unpaired) electrons. The van der Waals surface area contributed by atoms with Crippen molar-refractivity contribution >= 4 is 11.9 Å². The highest BCUT2D eigenvalue weighted by Gasteiger charge is 2.27. The van der Waals surface area contributed by atoms with Gasteiger partial charge in [-0.3, -0.25) is 4.79 Å². The van der Waals surface area contributed by atoms with Crippen LogP contribution in [0.1, 0.15) is 38.3 Å². The number of rotatable bonds is 8. The lowest BCUT2D eigenvalue weighted by molar-refractivity contribution is -0.133. The second kappa shape index (κ2) is 11.3. The molecule has 166 valence electrons. The quantitative estimate of drug-likeness (QED) is 0.504. The Kier molecular flexibility index (Phi) is 8.27. The predicted molar refractivity (Wildman–Crippen MR) is 123 cm³/mol. The normalized spacial score (nSPS) is 16.5. The Bertz CT molecular complexity index is 869. The maximum Gasteiger partial charge on any atom is 0.225 e. The van der Waals surface area contributed by atoms with Crippen LogP contribution in [0, 0.1) is 5.92 Å². The summed E-state index contributed by atoms with van der Waals surface area (Å²) >= 11 is 0. The zero-order valence-corrected chi connectivity index (χ0v) is 18.7. The molecule has 7 nitrogen and oxygen atoms in total. The number of nitrogens with zero attached hydrogens (tertiary/aromatic N) is 3. The minimum Gasteiger partial charge on any atom is -0.473 e. The summed E-state index contributed by atoms with van der Waals surface area (Å²) in [6, 6.07) is 14.1. The summed E-state index contributed by atoms with van der Waals surface area (Å²) in [7, 11) is 0. The summed E-state index contributed by atoms with van der Waals surface area (Å²) in [5, 5.41) is 6.77. The third-order valence-electron chi connectivity index (χ3n) is 5.13. The van der Waals surface area contributed by atoms with E-state index in [1.54, 1.807) is 6.20 Å². The predicted octanol–water partition coefficient (Wildman–Crippen LogP) is 2.97. The maximum absolute atomic E-state index is 12.2. The van der Waals surface area contributed by atoms with Crippen LogP contribution in [-0.4, -0.2) is 47.4 Å². The second-order valence-corrected chi connectivity index (χ2v) is 8.04. The average molecular weight is 424 g/mol. The Hall–Kier alpha value is -3.09. The van der Waals surface area contributed by atoms with E-state index < -0.39 is 0 Å². The molecule has 0 bridgehead atoms. The van der Waals surface area contributed by atoms with Gasteiger partial charge in [-0.2, -0.15) is 0 Å². The maximum atomic E-state index is 12.2. The van der Waals surface area contributed by atoms with Crippen LogP contribution in [0.15, 0.2) is 53.7 Å². The Morgan fingerprint density at radius 3 is 2.81 bits per heavy atom. The first-order chi connectivity index (χ1) is 15.0. The molecule has 2 aromatic rings. The molecule has 1 fully saturated rings. The van der Waals surface area contributed by atoms with Crippen molar-refractivity contribution in [1.82, 2.24) is 20.5 Å². The minimum absolute atomic E-state index is 0.0330. The standard InChI is InChI=1S/C24H33N5O2/c1-4-25-24(28-21-11-13-29(16-21)23(30)18(2)3)27-15-20-10-12-26-22(14-20)31-17-19-8-6-5-7-9-19/h5-10,12,14,18,21H,4,11,13,15-17H2,1-3H3,(H2,25,27,28). The van der Waals surface area contributed by atoms with Gasteiger partial charge in [0.1, 0.15) is 6.61 Å². The van der Waals surface area contributed by atoms with Gasteiger partial charge in [0, 0.05) is 43.9 Å². The van der Waals surface area contributed by atoms with Crippen LogP contribution in [0.4, 0.5) is 0 Å². The van der Waals surface area contributed by atoms with Crippen molar-refractivity contribution < 1.29 is 9.53 Å². The number of carbonyl (C=O) groups excluding carboxylic acids is 1. The summed E-state index contributed by atoms with van der Waals surface area (Å²) in [6.07, 6.45) is 2.67. The topological polar surface area (TPSA) is 78.9 Å². The van der Waals surface area contributed by atoms with Crippen molar-refractivity contribution in [2.75, 3.05) is 19.6 Å². The van der Waals surface area contributed by atoms with Gasteiger partial charge in [0.05, 0.1) is 6.54 Å². The smallest absolute Gasteiger partial charge is 0.225 e. The largest absolute Gasteiger partial charge is 0.473 e. The van der Waals surface area contributed by atoms with E-state index in [9.17, 15) is 4.79 Å². The summed E-state index contributed by atoms with van der Waals surface area (Å²) in [5.74, 6) is 1.60. The number of aliphatic imine (C=N–C) groups is 1. The molecule has 1 aromatic heterocycles. The highest BCUT2D eigenvalue weighted by molar-refractivity contribution is 5.81. The zero-order valence-electron chi connectivity index (χ0n) is 18.7. The van der Waals surface area contributed by atoms with Crippen molar-refractivity contribution in [2.45, 2.75) is 46.4 Å². The number of carbonyl (C=O) groups is 1. The lowest BCUT2D eigenvalue weighted by atomic mass is 10.2. The Morgan fingerprint density at radius 1 is 1.26 bits per heavy atom. The number of aromatic nitrogens is 1. The number of hydrogen-bond acceptors (Lipinski definition) is 4. The van der Waals surface area contributed by atoms with Crippen molar-refractivity contribution in [3.8, 4) is 5.88 Å². The third kappa shape index (κ3) is 6.98. The van der Waals surface area contributed by atoms with Crippen molar-refractivity contribution in [1.29, 1.82) is 0 Å². The molecule has 1 atom stereocenters. The Labute approximate surface area is 184 Å². The first-order valence-electron chi connectivity index (χ1n) is 11.0. The molecule has 31 heavy (non-hydrogen) atoms. The first kappa shape index (κ1) is 22.6. The molecule has 7 heteroatoms. The van der Waals surface area contributed by atoms with Crippen LogP contribution in [0.3, 0.4) is 0 Å². The SMILES string of the molecule is CCNC(=NCc1ccnc(OCc2ccccc2)c1)NC1CCN(C(=O)C(C)C)C1. The second-order valence-electron chi connectivity index (χ2n) is 8.04. The molecule has 0 aliphatic carbocycles. The van der Waals surface area contributed by atoms with E-state index in [1.807, 2.05) is 68.1 Å². The molecule has 1 aliphatic rings. The van der Waals surface area contributed by atoms with Crippen LogP contribution in [-0.2, 0) is 17.9 Å². The lowest BCUT2D eigenvalue weighted by Gasteiger charge is -2.20. The fourth-order valence-corrected chi connectivity index (χ4v) is 3.49. The van der Waals surface area contributed by atoms with Crippen LogP contribution in [0.25, 0.3) is 0 Å². The molecule has 0 spiro atoms. The molecule has 2 N–H and O–H groups in total. The molecular weight excluding hydrogens is 390 g/mol. The van der Waals surface area contributed by atoms with Crippen LogP contribution in [0.5, 0.6) is 5.88 Å². The van der Waals surface area contributed by atoms with Gasteiger partial charge in [-0.15, -0.1) is 0 Å². The first-order valence-corrected chi connectivity index (χ1v) is 11.0. The van der Waals surface area contributed by atoms with E-state index in [0.717, 1.165) is 36.6 Å². The molecule has 2 heterocycles. The highest BCUT2D eigenvalue weighted by atomic mass is 16.5. The fourth-order valence-electron chi connectivity index (χ4n) is 3.49. The number of amides is 1. The molecular formula is C24H33N5O2. The molecule has 1 aromatic carbocycles. The van der Waals surface area contributed by atoms with Gasteiger partial charge in [-0.1, -0.05) is 44.2 Å². The Balaban J connectivity index is 1.56. The van der Waals surface area contributed by atoms with Crippen molar-refractivity contribution in [2.24, 2.45) is 10.9 Å². The molecule has 1 aliphatic heterocycles. The molecule has 1 saturated heterocycles. The number of ether oxygens (including phenoxy) is 1. The molecule has 1 amide bonds. The van der Waals surface area contributed by atoms with Gasteiger partial charge in [-0.25, -0.2) is 9.98 Å². The van der Waals surface area contributed by atoms with Gasteiger partial charge in [0.15, 0.2) is 5.96 Å².